The minimum atomic E-state index is -3.35. The number of amides is 1. The van der Waals surface area contributed by atoms with Crippen LogP contribution in [0.15, 0.2) is 63.9 Å². The van der Waals surface area contributed by atoms with E-state index in [2.05, 4.69) is 10.3 Å². The molecule has 1 heterocycles. The summed E-state index contributed by atoms with van der Waals surface area (Å²) in [7, 11) is -3.35. The molecular weight excluding hydrogens is 364 g/mol. The summed E-state index contributed by atoms with van der Waals surface area (Å²) in [5.74, 6) is 0.933. The zero-order chi connectivity index (χ0) is 19.4. The van der Waals surface area contributed by atoms with E-state index in [0.29, 0.717) is 30.2 Å². The molecule has 1 amide bonds. The van der Waals surface area contributed by atoms with Gasteiger partial charge >= 0.3 is 0 Å². The second kappa shape index (κ2) is 7.75. The highest BCUT2D eigenvalue weighted by Crippen LogP contribution is 2.21. The summed E-state index contributed by atoms with van der Waals surface area (Å²) in [5, 5.41) is 2.79. The lowest BCUT2D eigenvalue weighted by Gasteiger charge is -2.06. The molecule has 0 bridgehead atoms. The monoisotopic (exact) mass is 384 g/mol. The van der Waals surface area contributed by atoms with Gasteiger partial charge in [-0.3, -0.25) is 4.79 Å². The first kappa shape index (κ1) is 18.8. The van der Waals surface area contributed by atoms with Crippen molar-refractivity contribution in [2.75, 3.05) is 12.8 Å². The van der Waals surface area contributed by atoms with Gasteiger partial charge in [0.15, 0.2) is 9.84 Å². The van der Waals surface area contributed by atoms with Crippen molar-refractivity contribution in [1.82, 2.24) is 10.3 Å². The minimum absolute atomic E-state index is 0.120. The molecule has 0 aliphatic heterocycles. The maximum Gasteiger partial charge on any atom is 0.251 e. The minimum Gasteiger partial charge on any atom is -0.441 e. The van der Waals surface area contributed by atoms with Crippen LogP contribution in [0.4, 0.5) is 0 Å². The van der Waals surface area contributed by atoms with Crippen molar-refractivity contribution in [1.29, 1.82) is 0 Å². The van der Waals surface area contributed by atoms with Gasteiger partial charge in [-0.2, -0.15) is 0 Å². The second-order valence-electron chi connectivity index (χ2n) is 6.19. The Labute approximate surface area is 158 Å². The molecule has 7 heteroatoms. The highest BCUT2D eigenvalue weighted by Gasteiger charge is 2.13. The molecule has 140 valence electrons. The molecular formula is C20H20N2O4S. The molecule has 0 fully saturated rings. The normalized spacial score (nSPS) is 11.3. The number of aryl methyl sites for hydroxylation is 1. The van der Waals surface area contributed by atoms with E-state index in [-0.39, 0.29) is 10.8 Å². The van der Waals surface area contributed by atoms with Crippen LogP contribution in [0.5, 0.6) is 0 Å². The third-order valence-electron chi connectivity index (χ3n) is 4.09. The number of sulfone groups is 1. The summed E-state index contributed by atoms with van der Waals surface area (Å²) in [4.78, 5) is 16.9. The summed E-state index contributed by atoms with van der Waals surface area (Å²) < 4.78 is 28.9. The number of aromatic nitrogens is 1. The summed E-state index contributed by atoms with van der Waals surface area (Å²) in [6.45, 7) is 2.20. The lowest BCUT2D eigenvalue weighted by Crippen LogP contribution is -2.26. The van der Waals surface area contributed by atoms with Gasteiger partial charge in [0.2, 0.25) is 5.89 Å². The van der Waals surface area contributed by atoms with E-state index >= 15 is 0 Å². The Morgan fingerprint density at radius 3 is 2.56 bits per heavy atom. The number of carbonyl (C=O) groups is 1. The predicted molar refractivity (Wildman–Crippen MR) is 102 cm³/mol. The number of benzene rings is 2. The molecule has 0 aliphatic rings. The Morgan fingerprint density at radius 1 is 1.11 bits per heavy atom. The maximum absolute atomic E-state index is 12.3. The van der Waals surface area contributed by atoms with Crippen LogP contribution in [0.25, 0.3) is 11.5 Å². The Kier molecular flexibility index (Phi) is 5.41. The second-order valence-corrected chi connectivity index (χ2v) is 8.21. The Balaban J connectivity index is 1.64. The molecule has 0 atom stereocenters. The van der Waals surface area contributed by atoms with Crippen molar-refractivity contribution in [2.24, 2.45) is 0 Å². The highest BCUT2D eigenvalue weighted by molar-refractivity contribution is 7.90. The third-order valence-corrected chi connectivity index (χ3v) is 5.20. The van der Waals surface area contributed by atoms with E-state index in [1.807, 2.05) is 37.3 Å². The molecule has 0 radical (unpaired) electrons. The summed E-state index contributed by atoms with van der Waals surface area (Å²) in [6.07, 6.45) is 1.63. The van der Waals surface area contributed by atoms with Gasteiger partial charge in [-0.05, 0) is 37.3 Å². The van der Waals surface area contributed by atoms with Gasteiger partial charge < -0.3 is 9.73 Å². The van der Waals surface area contributed by atoms with E-state index in [1.165, 1.54) is 12.1 Å². The lowest BCUT2D eigenvalue weighted by atomic mass is 10.2. The Morgan fingerprint density at radius 2 is 1.85 bits per heavy atom. The molecule has 3 rings (SSSR count). The number of hydrogen-bond acceptors (Lipinski definition) is 5. The van der Waals surface area contributed by atoms with Crippen LogP contribution < -0.4 is 5.32 Å². The van der Waals surface area contributed by atoms with Gasteiger partial charge in [0.25, 0.3) is 5.91 Å². The molecule has 0 unspecified atom stereocenters. The van der Waals surface area contributed by atoms with E-state index in [9.17, 15) is 13.2 Å². The van der Waals surface area contributed by atoms with Crippen LogP contribution in [0.3, 0.4) is 0 Å². The topological polar surface area (TPSA) is 89.3 Å². The average Bonchev–Trinajstić information content (AvgIpc) is 3.02. The third kappa shape index (κ3) is 4.62. The predicted octanol–water partition coefficient (Wildman–Crippen LogP) is 3.03. The molecule has 0 aliphatic carbocycles. The van der Waals surface area contributed by atoms with Crippen LogP contribution in [0, 0.1) is 6.92 Å². The largest absolute Gasteiger partial charge is 0.441 e. The fourth-order valence-corrected chi connectivity index (χ4v) is 3.30. The molecule has 2 aromatic carbocycles. The van der Waals surface area contributed by atoms with Crippen molar-refractivity contribution < 1.29 is 17.6 Å². The molecule has 0 saturated carbocycles. The quantitative estimate of drug-likeness (QED) is 0.706. The van der Waals surface area contributed by atoms with Crippen molar-refractivity contribution in [3.63, 3.8) is 0 Å². The number of oxazole rings is 1. The van der Waals surface area contributed by atoms with Crippen LogP contribution >= 0.6 is 0 Å². The number of hydrogen-bond donors (Lipinski definition) is 1. The molecule has 27 heavy (non-hydrogen) atoms. The number of nitrogens with one attached hydrogen (secondary N) is 1. The Bertz CT molecular complexity index is 1060. The van der Waals surface area contributed by atoms with E-state index in [1.54, 1.807) is 12.1 Å². The van der Waals surface area contributed by atoms with E-state index in [0.717, 1.165) is 17.5 Å². The van der Waals surface area contributed by atoms with Crippen molar-refractivity contribution in [2.45, 2.75) is 18.2 Å². The van der Waals surface area contributed by atoms with Crippen LogP contribution in [0.1, 0.15) is 21.8 Å². The summed E-state index contributed by atoms with van der Waals surface area (Å²) >= 11 is 0. The van der Waals surface area contributed by atoms with E-state index < -0.39 is 9.84 Å². The number of nitrogens with zero attached hydrogens (tertiary/aromatic N) is 1. The first-order chi connectivity index (χ1) is 12.8. The molecule has 1 N–H and O–H groups in total. The zero-order valence-electron chi connectivity index (χ0n) is 15.1. The number of carbonyl (C=O) groups excluding carboxylic acids is 1. The first-order valence-corrected chi connectivity index (χ1v) is 10.3. The van der Waals surface area contributed by atoms with Crippen molar-refractivity contribution in [3.8, 4) is 11.5 Å². The van der Waals surface area contributed by atoms with Crippen LogP contribution in [-0.2, 0) is 16.3 Å². The molecule has 1 aromatic heterocycles. The van der Waals surface area contributed by atoms with Gasteiger partial charge in [-0.15, -0.1) is 0 Å². The average molecular weight is 384 g/mol. The smallest absolute Gasteiger partial charge is 0.251 e. The van der Waals surface area contributed by atoms with Gasteiger partial charge in [0.1, 0.15) is 5.76 Å². The van der Waals surface area contributed by atoms with Gasteiger partial charge in [-0.1, -0.05) is 24.3 Å². The summed E-state index contributed by atoms with van der Waals surface area (Å²) in [5.41, 5.74) is 1.98. The van der Waals surface area contributed by atoms with Gasteiger partial charge in [-0.25, -0.2) is 13.4 Å². The zero-order valence-corrected chi connectivity index (χ0v) is 15.9. The van der Waals surface area contributed by atoms with Crippen molar-refractivity contribution >= 4 is 15.7 Å². The van der Waals surface area contributed by atoms with Gasteiger partial charge in [0.05, 0.1) is 10.6 Å². The van der Waals surface area contributed by atoms with Gasteiger partial charge in [0, 0.05) is 30.3 Å². The maximum atomic E-state index is 12.3. The fraction of sp³-hybridized carbons (Fsp3) is 0.200. The lowest BCUT2D eigenvalue weighted by molar-refractivity contribution is 0.0954. The molecule has 0 spiro atoms. The molecule has 3 aromatic rings. The van der Waals surface area contributed by atoms with Crippen LogP contribution in [-0.4, -0.2) is 32.1 Å². The van der Waals surface area contributed by atoms with Crippen molar-refractivity contribution in [3.05, 3.63) is 71.6 Å². The van der Waals surface area contributed by atoms with E-state index in [4.69, 9.17) is 4.42 Å². The first-order valence-electron chi connectivity index (χ1n) is 8.44. The molecule has 0 saturated heterocycles. The molecule has 6 nitrogen and oxygen atoms in total. The SMILES string of the molecule is Cc1oc(-c2ccccc2)nc1CCNC(=O)c1cccc(S(C)(=O)=O)c1. The fourth-order valence-electron chi connectivity index (χ4n) is 2.63. The summed E-state index contributed by atoms with van der Waals surface area (Å²) in [6, 6.07) is 15.6. The number of rotatable bonds is 6. The van der Waals surface area contributed by atoms with Crippen LogP contribution in [0.2, 0.25) is 0 Å². The standard InChI is InChI=1S/C20H20N2O4S/c1-14-18(22-20(26-14)15-7-4-3-5-8-15)11-12-21-19(23)16-9-6-10-17(13-16)27(2,24)25/h3-10,13H,11-12H2,1-2H3,(H,21,23). The Hall–Kier alpha value is -2.93. The highest BCUT2D eigenvalue weighted by atomic mass is 32.2.